The highest BCUT2D eigenvalue weighted by atomic mass is 16.5. The van der Waals surface area contributed by atoms with Gasteiger partial charge in [-0.25, -0.2) is 0 Å². The number of hydrogen-bond acceptors (Lipinski definition) is 2. The number of rotatable bonds is 6. The summed E-state index contributed by atoms with van der Waals surface area (Å²) in [5, 5.41) is 3.02. The molecule has 1 amide bonds. The predicted molar refractivity (Wildman–Crippen MR) is 69.2 cm³/mol. The van der Waals surface area contributed by atoms with Gasteiger partial charge < -0.3 is 10.1 Å². The summed E-state index contributed by atoms with van der Waals surface area (Å²) in [6, 6.07) is 7.79. The van der Waals surface area contributed by atoms with E-state index in [4.69, 9.17) is 4.74 Å². The second-order valence-electron chi connectivity index (χ2n) is 4.23. The molecule has 0 aliphatic rings. The van der Waals surface area contributed by atoms with E-state index in [9.17, 15) is 4.79 Å². The van der Waals surface area contributed by atoms with Crippen molar-refractivity contribution in [2.75, 3.05) is 13.7 Å². The molecule has 3 heteroatoms. The molecule has 0 aromatic heterocycles. The molecule has 1 N–H and O–H groups in total. The molecule has 1 aromatic carbocycles. The van der Waals surface area contributed by atoms with E-state index in [2.05, 4.69) is 12.2 Å². The Hall–Kier alpha value is -1.35. The Morgan fingerprint density at radius 3 is 2.53 bits per heavy atom. The van der Waals surface area contributed by atoms with Gasteiger partial charge in [0.2, 0.25) is 0 Å². The number of amides is 1. The van der Waals surface area contributed by atoms with Crippen LogP contribution in [0.5, 0.6) is 0 Å². The van der Waals surface area contributed by atoms with Crippen molar-refractivity contribution in [2.45, 2.75) is 32.7 Å². The van der Waals surface area contributed by atoms with E-state index < -0.39 is 0 Å². The molecule has 0 fully saturated rings. The van der Waals surface area contributed by atoms with Crippen molar-refractivity contribution in [3.8, 4) is 0 Å². The standard InChI is InChI=1S/C14H21NO2/c1-4-13(9-10-17-3)15-14(16)12-7-5-11(2)6-8-12/h5-8,13H,4,9-10H2,1-3H3,(H,15,16)/t13-/m1/s1. The average Bonchev–Trinajstić information content (AvgIpc) is 2.35. The van der Waals surface area contributed by atoms with Crippen molar-refractivity contribution < 1.29 is 9.53 Å². The van der Waals surface area contributed by atoms with Crippen molar-refractivity contribution in [1.82, 2.24) is 5.32 Å². The number of hydrogen-bond donors (Lipinski definition) is 1. The first-order valence-corrected chi connectivity index (χ1v) is 6.03. The average molecular weight is 235 g/mol. The van der Waals surface area contributed by atoms with E-state index in [1.807, 2.05) is 31.2 Å². The SMILES string of the molecule is CC[C@H](CCOC)NC(=O)c1ccc(C)cc1. The topological polar surface area (TPSA) is 38.3 Å². The van der Waals surface area contributed by atoms with E-state index in [1.165, 1.54) is 0 Å². The highest BCUT2D eigenvalue weighted by Crippen LogP contribution is 2.05. The molecule has 0 radical (unpaired) electrons. The summed E-state index contributed by atoms with van der Waals surface area (Å²) >= 11 is 0. The summed E-state index contributed by atoms with van der Waals surface area (Å²) < 4.78 is 5.03. The minimum atomic E-state index is -0.00652. The number of carbonyl (C=O) groups is 1. The molecule has 1 rings (SSSR count). The summed E-state index contributed by atoms with van der Waals surface area (Å²) in [7, 11) is 1.68. The third kappa shape index (κ3) is 4.57. The minimum Gasteiger partial charge on any atom is -0.385 e. The summed E-state index contributed by atoms with van der Waals surface area (Å²) in [4.78, 5) is 11.9. The third-order valence-corrected chi connectivity index (χ3v) is 2.81. The van der Waals surface area contributed by atoms with Crippen LogP contribution in [-0.4, -0.2) is 25.7 Å². The molecule has 3 nitrogen and oxygen atoms in total. The number of ether oxygens (including phenoxy) is 1. The van der Waals surface area contributed by atoms with E-state index in [0.717, 1.165) is 18.4 Å². The van der Waals surface area contributed by atoms with Gasteiger partial charge in [0, 0.05) is 25.3 Å². The number of methoxy groups -OCH3 is 1. The quantitative estimate of drug-likeness (QED) is 0.823. The lowest BCUT2D eigenvalue weighted by Gasteiger charge is -2.16. The van der Waals surface area contributed by atoms with Gasteiger partial charge in [-0.05, 0) is 31.9 Å². The van der Waals surface area contributed by atoms with Crippen molar-refractivity contribution in [1.29, 1.82) is 0 Å². The van der Waals surface area contributed by atoms with E-state index in [1.54, 1.807) is 7.11 Å². The normalized spacial score (nSPS) is 12.2. The smallest absolute Gasteiger partial charge is 0.251 e. The van der Waals surface area contributed by atoms with E-state index in [-0.39, 0.29) is 11.9 Å². The van der Waals surface area contributed by atoms with Gasteiger partial charge in [0.15, 0.2) is 0 Å². The summed E-state index contributed by atoms with van der Waals surface area (Å²) in [6.45, 7) is 4.75. The maximum atomic E-state index is 11.9. The molecule has 0 bridgehead atoms. The molecular formula is C14H21NO2. The fraction of sp³-hybridized carbons (Fsp3) is 0.500. The van der Waals surface area contributed by atoms with Crippen molar-refractivity contribution in [3.05, 3.63) is 35.4 Å². The largest absolute Gasteiger partial charge is 0.385 e. The van der Waals surface area contributed by atoms with Crippen LogP contribution in [0.4, 0.5) is 0 Å². The Kier molecular flexibility index (Phi) is 5.70. The zero-order chi connectivity index (χ0) is 12.7. The first-order valence-electron chi connectivity index (χ1n) is 6.03. The molecule has 0 heterocycles. The predicted octanol–water partition coefficient (Wildman–Crippen LogP) is 2.54. The van der Waals surface area contributed by atoms with Crippen LogP contribution in [0.3, 0.4) is 0 Å². The lowest BCUT2D eigenvalue weighted by molar-refractivity contribution is 0.0923. The van der Waals surface area contributed by atoms with Crippen molar-refractivity contribution >= 4 is 5.91 Å². The Labute approximate surface area is 103 Å². The molecule has 0 saturated heterocycles. The summed E-state index contributed by atoms with van der Waals surface area (Å²) in [6.07, 6.45) is 1.77. The number of aryl methyl sites for hydroxylation is 1. The Balaban J connectivity index is 2.54. The molecule has 94 valence electrons. The van der Waals surface area contributed by atoms with Gasteiger partial charge in [-0.3, -0.25) is 4.79 Å². The van der Waals surface area contributed by atoms with Crippen LogP contribution in [0.25, 0.3) is 0 Å². The lowest BCUT2D eigenvalue weighted by Crippen LogP contribution is -2.35. The van der Waals surface area contributed by atoms with Crippen LogP contribution in [0.2, 0.25) is 0 Å². The second kappa shape index (κ2) is 7.07. The fourth-order valence-corrected chi connectivity index (χ4v) is 1.61. The van der Waals surface area contributed by atoms with Gasteiger partial charge in [-0.15, -0.1) is 0 Å². The Bertz CT molecular complexity index is 346. The van der Waals surface area contributed by atoms with Gasteiger partial charge in [-0.2, -0.15) is 0 Å². The first kappa shape index (κ1) is 13.7. The Morgan fingerprint density at radius 1 is 1.35 bits per heavy atom. The molecule has 1 atom stereocenters. The molecule has 0 aliphatic carbocycles. The Morgan fingerprint density at radius 2 is 2.00 bits per heavy atom. The lowest BCUT2D eigenvalue weighted by atomic mass is 10.1. The fourth-order valence-electron chi connectivity index (χ4n) is 1.61. The highest BCUT2D eigenvalue weighted by molar-refractivity contribution is 5.94. The highest BCUT2D eigenvalue weighted by Gasteiger charge is 2.11. The molecule has 0 aliphatic heterocycles. The summed E-state index contributed by atoms with van der Waals surface area (Å²) in [5.41, 5.74) is 1.87. The van der Waals surface area contributed by atoms with Crippen LogP contribution in [-0.2, 0) is 4.74 Å². The molecule has 17 heavy (non-hydrogen) atoms. The van der Waals surface area contributed by atoms with Crippen LogP contribution in [0.1, 0.15) is 35.7 Å². The van der Waals surface area contributed by atoms with Crippen LogP contribution >= 0.6 is 0 Å². The second-order valence-corrected chi connectivity index (χ2v) is 4.23. The maximum absolute atomic E-state index is 11.9. The van der Waals surface area contributed by atoms with Gasteiger partial charge in [0.1, 0.15) is 0 Å². The molecule has 0 spiro atoms. The van der Waals surface area contributed by atoms with Crippen LogP contribution in [0, 0.1) is 6.92 Å². The van der Waals surface area contributed by atoms with Gasteiger partial charge in [0.25, 0.3) is 5.91 Å². The molecule has 1 aromatic rings. The van der Waals surface area contributed by atoms with Crippen LogP contribution in [0.15, 0.2) is 24.3 Å². The monoisotopic (exact) mass is 235 g/mol. The minimum absolute atomic E-state index is 0.00652. The molecule has 0 saturated carbocycles. The number of carbonyl (C=O) groups excluding carboxylic acids is 1. The van der Waals surface area contributed by atoms with E-state index >= 15 is 0 Å². The number of benzene rings is 1. The third-order valence-electron chi connectivity index (χ3n) is 2.81. The van der Waals surface area contributed by atoms with Crippen molar-refractivity contribution in [2.24, 2.45) is 0 Å². The maximum Gasteiger partial charge on any atom is 0.251 e. The first-order chi connectivity index (χ1) is 8.17. The van der Waals surface area contributed by atoms with Gasteiger partial charge >= 0.3 is 0 Å². The summed E-state index contributed by atoms with van der Waals surface area (Å²) in [5.74, 6) is -0.00652. The number of nitrogens with one attached hydrogen (secondary N) is 1. The van der Waals surface area contributed by atoms with E-state index in [0.29, 0.717) is 12.2 Å². The van der Waals surface area contributed by atoms with Gasteiger partial charge in [0.05, 0.1) is 0 Å². The van der Waals surface area contributed by atoms with Gasteiger partial charge in [-0.1, -0.05) is 24.6 Å². The zero-order valence-corrected chi connectivity index (χ0v) is 10.8. The molecular weight excluding hydrogens is 214 g/mol. The molecule has 0 unspecified atom stereocenters. The zero-order valence-electron chi connectivity index (χ0n) is 10.8. The van der Waals surface area contributed by atoms with Crippen LogP contribution < -0.4 is 5.32 Å². The van der Waals surface area contributed by atoms with Crippen molar-refractivity contribution in [3.63, 3.8) is 0 Å².